The lowest BCUT2D eigenvalue weighted by Crippen LogP contribution is -2.65. The molecular weight excluding hydrogens is 294 g/mol. The van der Waals surface area contributed by atoms with E-state index >= 15 is 0 Å². The van der Waals surface area contributed by atoms with Crippen LogP contribution in [-0.2, 0) is 21.4 Å². The molecule has 2 bridgehead atoms. The summed E-state index contributed by atoms with van der Waals surface area (Å²) < 4.78 is 11.3. The highest BCUT2D eigenvalue weighted by Crippen LogP contribution is 2.63. The van der Waals surface area contributed by atoms with Gasteiger partial charge in [-0.1, -0.05) is 6.07 Å². The summed E-state index contributed by atoms with van der Waals surface area (Å²) in [5.74, 6) is 1.74. The lowest BCUT2D eigenvalue weighted by Gasteiger charge is -2.57. The van der Waals surface area contributed by atoms with E-state index in [4.69, 9.17) is 9.47 Å². The summed E-state index contributed by atoms with van der Waals surface area (Å²) in [7, 11) is 2.19. The van der Waals surface area contributed by atoms with Gasteiger partial charge in [0.05, 0.1) is 0 Å². The number of piperidine rings is 1. The molecule has 2 heterocycles. The van der Waals surface area contributed by atoms with E-state index in [0.717, 1.165) is 31.4 Å². The third-order valence-electron chi connectivity index (χ3n) is 6.55. The Hall–Kier alpha value is -1.88. The van der Waals surface area contributed by atoms with Gasteiger partial charge in [0.25, 0.3) is 6.47 Å². The molecule has 4 aliphatic rings. The van der Waals surface area contributed by atoms with Gasteiger partial charge < -0.3 is 14.4 Å². The first-order valence-electron chi connectivity index (χ1n) is 8.33. The molecule has 2 fully saturated rings. The van der Waals surface area contributed by atoms with Crippen LogP contribution in [0.3, 0.4) is 0 Å². The topological polar surface area (TPSA) is 55.8 Å². The standard InChI is InChI=1S/C18H19NO4/c1-19-7-6-18-11-3-4-13(21)17(18)23-16-14(22-9-20)5-2-10(15(16)18)8-12(11)19/h2,5,9,11-12,17H,3-4,6-8H2,1H3/t11?,12-,17+,18+/m1/s1. The summed E-state index contributed by atoms with van der Waals surface area (Å²) in [6.45, 7) is 1.41. The van der Waals surface area contributed by atoms with Gasteiger partial charge in [0.1, 0.15) is 0 Å². The van der Waals surface area contributed by atoms with Gasteiger partial charge in [-0.2, -0.15) is 0 Å². The minimum absolute atomic E-state index is 0.200. The molecule has 2 aliphatic heterocycles. The van der Waals surface area contributed by atoms with Crippen molar-refractivity contribution in [3.8, 4) is 11.5 Å². The summed E-state index contributed by atoms with van der Waals surface area (Å²) in [6, 6.07) is 4.32. The van der Waals surface area contributed by atoms with Crippen LogP contribution in [0.15, 0.2) is 12.1 Å². The molecular formula is C18H19NO4. The molecule has 1 spiro atoms. The number of nitrogens with zero attached hydrogens (tertiary/aromatic N) is 1. The van der Waals surface area contributed by atoms with Crippen LogP contribution in [0.25, 0.3) is 0 Å². The average molecular weight is 313 g/mol. The third-order valence-corrected chi connectivity index (χ3v) is 6.55. The maximum atomic E-state index is 12.6. The molecule has 5 heteroatoms. The van der Waals surface area contributed by atoms with E-state index in [2.05, 4.69) is 11.9 Å². The number of hydrogen-bond acceptors (Lipinski definition) is 5. The normalized spacial score (nSPS) is 37.1. The van der Waals surface area contributed by atoms with Gasteiger partial charge in [-0.3, -0.25) is 9.59 Å². The van der Waals surface area contributed by atoms with Crippen molar-refractivity contribution in [2.75, 3.05) is 13.6 Å². The molecule has 1 unspecified atom stereocenters. The number of Topliss-reactive ketones (excluding diaryl/α,β-unsaturated/α-hetero) is 1. The Morgan fingerprint density at radius 2 is 2.30 bits per heavy atom. The van der Waals surface area contributed by atoms with Crippen molar-refractivity contribution < 1.29 is 19.1 Å². The van der Waals surface area contributed by atoms with Gasteiger partial charge in [-0.15, -0.1) is 0 Å². The van der Waals surface area contributed by atoms with E-state index in [1.165, 1.54) is 5.56 Å². The van der Waals surface area contributed by atoms with Gasteiger partial charge in [0.2, 0.25) is 0 Å². The molecule has 1 saturated heterocycles. The second-order valence-electron chi connectivity index (χ2n) is 7.29. The number of likely N-dealkylation sites (tertiary alicyclic amines) is 1. The van der Waals surface area contributed by atoms with Crippen LogP contribution in [0.4, 0.5) is 0 Å². The quantitative estimate of drug-likeness (QED) is 0.774. The number of likely N-dealkylation sites (N-methyl/N-ethyl adjacent to an activating group) is 1. The molecule has 0 N–H and O–H groups in total. The van der Waals surface area contributed by atoms with Crippen molar-refractivity contribution in [3.63, 3.8) is 0 Å². The Labute approximate surface area is 134 Å². The van der Waals surface area contributed by atoms with Crippen molar-refractivity contribution in [1.29, 1.82) is 0 Å². The number of carbonyl (C=O) groups excluding carboxylic acids is 2. The molecule has 1 saturated carbocycles. The molecule has 1 aromatic rings. The van der Waals surface area contributed by atoms with E-state index in [1.807, 2.05) is 6.07 Å². The number of benzene rings is 1. The molecule has 2 aliphatic carbocycles. The van der Waals surface area contributed by atoms with Gasteiger partial charge in [0.15, 0.2) is 23.4 Å². The van der Waals surface area contributed by atoms with E-state index < -0.39 is 6.10 Å². The number of rotatable bonds is 2. The second kappa shape index (κ2) is 4.35. The number of ether oxygens (including phenoxy) is 2. The van der Waals surface area contributed by atoms with E-state index in [-0.39, 0.29) is 11.2 Å². The fraction of sp³-hybridized carbons (Fsp3) is 0.556. The zero-order valence-electron chi connectivity index (χ0n) is 13.1. The first-order chi connectivity index (χ1) is 11.2. The summed E-state index contributed by atoms with van der Waals surface area (Å²) in [4.78, 5) is 25.9. The van der Waals surface area contributed by atoms with Crippen LogP contribution in [-0.4, -0.2) is 42.9 Å². The van der Waals surface area contributed by atoms with Crippen molar-refractivity contribution in [1.82, 2.24) is 4.90 Å². The zero-order valence-corrected chi connectivity index (χ0v) is 13.1. The molecule has 0 radical (unpaired) electrons. The van der Waals surface area contributed by atoms with E-state index in [0.29, 0.717) is 36.4 Å². The fourth-order valence-electron chi connectivity index (χ4n) is 5.65. The molecule has 0 amide bonds. The van der Waals surface area contributed by atoms with E-state index in [9.17, 15) is 9.59 Å². The van der Waals surface area contributed by atoms with Crippen LogP contribution in [0, 0.1) is 5.92 Å². The van der Waals surface area contributed by atoms with Crippen molar-refractivity contribution >= 4 is 12.3 Å². The Morgan fingerprint density at radius 3 is 3.13 bits per heavy atom. The maximum absolute atomic E-state index is 12.6. The summed E-state index contributed by atoms with van der Waals surface area (Å²) in [5.41, 5.74) is 2.20. The average Bonchev–Trinajstić information content (AvgIpc) is 2.90. The molecule has 120 valence electrons. The molecule has 5 nitrogen and oxygen atoms in total. The van der Waals surface area contributed by atoms with Crippen molar-refractivity contribution in [3.05, 3.63) is 23.3 Å². The number of hydrogen-bond donors (Lipinski definition) is 0. The van der Waals surface area contributed by atoms with Gasteiger partial charge in [-0.05, 0) is 50.4 Å². The van der Waals surface area contributed by atoms with E-state index in [1.54, 1.807) is 6.07 Å². The van der Waals surface area contributed by atoms with Gasteiger partial charge in [-0.25, -0.2) is 0 Å². The Kier molecular flexibility index (Phi) is 2.56. The van der Waals surface area contributed by atoms with Crippen LogP contribution < -0.4 is 9.47 Å². The molecule has 1 aromatic carbocycles. The van der Waals surface area contributed by atoms with Crippen LogP contribution in [0.2, 0.25) is 0 Å². The lowest BCUT2D eigenvalue weighted by molar-refractivity contribution is -0.138. The smallest absolute Gasteiger partial charge is 0.298 e. The Morgan fingerprint density at radius 1 is 1.43 bits per heavy atom. The predicted octanol–water partition coefficient (Wildman–Crippen LogP) is 1.46. The summed E-state index contributed by atoms with van der Waals surface area (Å²) in [6.07, 6.45) is 3.05. The molecule has 5 rings (SSSR count). The van der Waals surface area contributed by atoms with Crippen LogP contribution in [0.5, 0.6) is 11.5 Å². The van der Waals surface area contributed by atoms with Crippen molar-refractivity contribution in [2.45, 2.75) is 43.2 Å². The minimum atomic E-state index is -0.400. The summed E-state index contributed by atoms with van der Waals surface area (Å²) >= 11 is 0. The van der Waals surface area contributed by atoms with Gasteiger partial charge in [0, 0.05) is 23.4 Å². The zero-order chi connectivity index (χ0) is 15.8. The number of carbonyl (C=O) groups is 2. The van der Waals surface area contributed by atoms with Crippen LogP contribution in [0.1, 0.15) is 30.4 Å². The number of ketones is 1. The predicted molar refractivity (Wildman–Crippen MR) is 81.7 cm³/mol. The highest BCUT2D eigenvalue weighted by atomic mass is 16.6. The molecule has 0 aromatic heterocycles. The first kappa shape index (κ1) is 13.5. The SMILES string of the molecule is CN1CC[C@]23c4c5ccc(OC=O)c4O[C@H]2C(=O)CCC3[C@H]1C5. The lowest BCUT2D eigenvalue weighted by atomic mass is 9.52. The highest BCUT2D eigenvalue weighted by Gasteiger charge is 2.65. The monoisotopic (exact) mass is 313 g/mol. The highest BCUT2D eigenvalue weighted by molar-refractivity contribution is 5.89. The van der Waals surface area contributed by atoms with Crippen molar-refractivity contribution in [2.24, 2.45) is 5.92 Å². The van der Waals surface area contributed by atoms with Crippen LogP contribution >= 0.6 is 0 Å². The largest absolute Gasteiger partial charge is 0.477 e. The minimum Gasteiger partial charge on any atom is -0.477 e. The second-order valence-corrected chi connectivity index (χ2v) is 7.29. The first-order valence-corrected chi connectivity index (χ1v) is 8.33. The summed E-state index contributed by atoms with van der Waals surface area (Å²) in [5, 5.41) is 0. The maximum Gasteiger partial charge on any atom is 0.298 e. The fourth-order valence-corrected chi connectivity index (χ4v) is 5.65. The van der Waals surface area contributed by atoms with Gasteiger partial charge >= 0.3 is 0 Å². The Balaban J connectivity index is 1.79. The molecule has 4 atom stereocenters. The Bertz CT molecular complexity index is 730. The third kappa shape index (κ3) is 1.47. The molecule has 23 heavy (non-hydrogen) atoms.